The number of carbonyl (C=O) groups excluding carboxylic acids is 5. The lowest BCUT2D eigenvalue weighted by Gasteiger charge is -2.30. The molecule has 0 spiro atoms. The molecule has 4 N–H and O–H groups in total. The summed E-state index contributed by atoms with van der Waals surface area (Å²) in [7, 11) is 0. The predicted molar refractivity (Wildman–Crippen MR) is 155 cm³/mol. The number of amides is 4. The fraction of sp³-hybridized carbons (Fsp3) is 0.452. The molecule has 0 radical (unpaired) electrons. The Hall–Kier alpha value is -4.41. The number of hydrogen-bond donors (Lipinski definition) is 4. The summed E-state index contributed by atoms with van der Waals surface area (Å²) in [6, 6.07) is 16.8. The second kappa shape index (κ2) is 16.8. The van der Waals surface area contributed by atoms with Crippen molar-refractivity contribution in [2.24, 2.45) is 5.92 Å². The molecule has 226 valence electrons. The minimum atomic E-state index is -1.37. The molecule has 3 rings (SSSR count). The maximum absolute atomic E-state index is 13.7. The van der Waals surface area contributed by atoms with Gasteiger partial charge in [0.2, 0.25) is 11.8 Å². The first-order chi connectivity index (χ1) is 20.3. The van der Waals surface area contributed by atoms with Gasteiger partial charge in [-0.3, -0.25) is 19.2 Å². The standard InChI is InChI=1S/C31H40N4O7/c1-3-32-30(39)27(42-21(2)36)25(20-24-16-17-33-28(24)37)34-29(38)26(19-23-13-8-5-9-14-23)35-31(40)41-18-10-15-22-11-6-4-7-12-22/h4-9,11-14,24-27H,3,10,15-20H2,1-2H3,(H,32,39)(H,33,37)(H,34,38)(H,35,40)/t24-,25-,26-,27?/m0/s1. The average molecular weight is 581 g/mol. The number of rotatable bonds is 15. The summed E-state index contributed by atoms with van der Waals surface area (Å²) in [5.41, 5.74) is 1.91. The lowest BCUT2D eigenvalue weighted by Crippen LogP contribution is -2.57. The summed E-state index contributed by atoms with van der Waals surface area (Å²) in [5.74, 6) is -2.60. The van der Waals surface area contributed by atoms with E-state index in [1.54, 1.807) is 6.92 Å². The number of hydrogen-bond acceptors (Lipinski definition) is 7. The molecule has 1 aliphatic heterocycles. The first kappa shape index (κ1) is 32.1. The molecule has 42 heavy (non-hydrogen) atoms. The molecule has 4 atom stereocenters. The van der Waals surface area contributed by atoms with Crippen LogP contribution in [0.2, 0.25) is 0 Å². The maximum atomic E-state index is 13.7. The molecule has 1 aliphatic rings. The van der Waals surface area contributed by atoms with Crippen molar-refractivity contribution in [2.75, 3.05) is 19.7 Å². The van der Waals surface area contributed by atoms with Crippen LogP contribution in [0.4, 0.5) is 4.79 Å². The maximum Gasteiger partial charge on any atom is 0.407 e. The molecule has 1 unspecified atom stereocenters. The van der Waals surface area contributed by atoms with Crippen LogP contribution in [0, 0.1) is 5.92 Å². The van der Waals surface area contributed by atoms with Crippen LogP contribution in [0.1, 0.15) is 44.2 Å². The highest BCUT2D eigenvalue weighted by molar-refractivity contribution is 5.89. The second-order valence-corrected chi connectivity index (χ2v) is 10.2. The van der Waals surface area contributed by atoms with Crippen LogP contribution in [0.25, 0.3) is 0 Å². The number of ether oxygens (including phenoxy) is 2. The Morgan fingerprint density at radius 3 is 2.21 bits per heavy atom. The number of esters is 1. The summed E-state index contributed by atoms with van der Waals surface area (Å²) in [5, 5.41) is 10.8. The van der Waals surface area contributed by atoms with E-state index in [0.717, 1.165) is 17.5 Å². The smallest absolute Gasteiger partial charge is 0.407 e. The van der Waals surface area contributed by atoms with Crippen molar-refractivity contribution in [1.29, 1.82) is 0 Å². The highest BCUT2D eigenvalue weighted by atomic mass is 16.6. The Morgan fingerprint density at radius 2 is 1.62 bits per heavy atom. The molecular formula is C31H40N4O7. The Kier molecular flexibility index (Phi) is 12.8. The van der Waals surface area contributed by atoms with E-state index < -0.39 is 48.0 Å². The van der Waals surface area contributed by atoms with Crippen molar-refractivity contribution in [3.63, 3.8) is 0 Å². The highest BCUT2D eigenvalue weighted by Crippen LogP contribution is 2.20. The fourth-order valence-corrected chi connectivity index (χ4v) is 4.82. The van der Waals surface area contributed by atoms with E-state index in [4.69, 9.17) is 9.47 Å². The van der Waals surface area contributed by atoms with Gasteiger partial charge >= 0.3 is 12.1 Å². The third kappa shape index (κ3) is 10.5. The van der Waals surface area contributed by atoms with E-state index in [1.807, 2.05) is 60.7 Å². The van der Waals surface area contributed by atoms with Gasteiger partial charge in [-0.1, -0.05) is 60.7 Å². The zero-order chi connectivity index (χ0) is 30.3. The van der Waals surface area contributed by atoms with Gasteiger partial charge in [0.1, 0.15) is 6.04 Å². The normalized spacial score (nSPS) is 16.3. The van der Waals surface area contributed by atoms with Crippen LogP contribution in [0.5, 0.6) is 0 Å². The highest BCUT2D eigenvalue weighted by Gasteiger charge is 2.38. The number of nitrogens with one attached hydrogen (secondary N) is 4. The molecule has 11 heteroatoms. The van der Waals surface area contributed by atoms with Gasteiger partial charge in [-0.25, -0.2) is 4.79 Å². The third-order valence-corrected chi connectivity index (χ3v) is 6.87. The van der Waals surface area contributed by atoms with E-state index >= 15 is 0 Å². The SMILES string of the molecule is CCNC(=O)C(OC(C)=O)[C@H](C[C@@H]1CCNC1=O)NC(=O)[C@H](Cc1ccccc1)NC(=O)OCCCc1ccccc1. The van der Waals surface area contributed by atoms with Gasteiger partial charge < -0.3 is 30.7 Å². The number of aryl methyl sites for hydroxylation is 1. The Labute approximate surface area is 246 Å². The summed E-state index contributed by atoms with van der Waals surface area (Å²) in [6.45, 7) is 3.78. The summed E-state index contributed by atoms with van der Waals surface area (Å²) in [4.78, 5) is 63.6. The molecular weight excluding hydrogens is 540 g/mol. The van der Waals surface area contributed by atoms with E-state index in [1.165, 1.54) is 6.92 Å². The van der Waals surface area contributed by atoms with Crippen molar-refractivity contribution >= 4 is 29.8 Å². The Balaban J connectivity index is 1.74. The molecule has 1 saturated heterocycles. The van der Waals surface area contributed by atoms with Crippen LogP contribution in [-0.2, 0) is 41.5 Å². The number of likely N-dealkylation sites (N-methyl/N-ethyl adjacent to an activating group) is 1. The molecule has 1 heterocycles. The second-order valence-electron chi connectivity index (χ2n) is 10.2. The van der Waals surface area contributed by atoms with Crippen LogP contribution < -0.4 is 21.3 Å². The monoisotopic (exact) mass is 580 g/mol. The van der Waals surface area contributed by atoms with E-state index in [0.29, 0.717) is 19.4 Å². The van der Waals surface area contributed by atoms with Crippen molar-refractivity contribution < 1.29 is 33.4 Å². The summed E-state index contributed by atoms with van der Waals surface area (Å²) >= 11 is 0. The van der Waals surface area contributed by atoms with Gasteiger partial charge in [0.05, 0.1) is 12.6 Å². The van der Waals surface area contributed by atoms with Crippen molar-refractivity contribution in [2.45, 2.75) is 64.1 Å². The molecule has 2 aromatic carbocycles. The van der Waals surface area contributed by atoms with Gasteiger partial charge in [0, 0.05) is 32.4 Å². The summed E-state index contributed by atoms with van der Waals surface area (Å²) < 4.78 is 10.7. The molecule has 0 aliphatic carbocycles. The molecule has 0 bridgehead atoms. The zero-order valence-corrected chi connectivity index (χ0v) is 24.1. The topological polar surface area (TPSA) is 152 Å². The van der Waals surface area contributed by atoms with E-state index in [2.05, 4.69) is 21.3 Å². The largest absolute Gasteiger partial charge is 0.450 e. The van der Waals surface area contributed by atoms with Crippen molar-refractivity contribution in [3.8, 4) is 0 Å². The van der Waals surface area contributed by atoms with Gasteiger partial charge in [-0.05, 0) is 43.7 Å². The molecule has 2 aromatic rings. The minimum Gasteiger partial charge on any atom is -0.450 e. The Morgan fingerprint density at radius 1 is 0.952 bits per heavy atom. The zero-order valence-electron chi connectivity index (χ0n) is 24.1. The van der Waals surface area contributed by atoms with E-state index in [-0.39, 0.29) is 31.9 Å². The predicted octanol–water partition coefficient (Wildman–Crippen LogP) is 2.04. The molecule has 0 saturated carbocycles. The first-order valence-electron chi connectivity index (χ1n) is 14.3. The minimum absolute atomic E-state index is 0.0641. The molecule has 11 nitrogen and oxygen atoms in total. The van der Waals surface area contributed by atoms with Crippen molar-refractivity contribution in [1.82, 2.24) is 21.3 Å². The molecule has 4 amide bonds. The quantitative estimate of drug-likeness (QED) is 0.186. The van der Waals surface area contributed by atoms with Crippen LogP contribution in [-0.4, -0.2) is 67.7 Å². The number of carbonyl (C=O) groups is 5. The fourth-order valence-electron chi connectivity index (χ4n) is 4.82. The van der Waals surface area contributed by atoms with Crippen LogP contribution in [0.15, 0.2) is 60.7 Å². The third-order valence-electron chi connectivity index (χ3n) is 6.87. The Bertz CT molecular complexity index is 1190. The van der Waals surface area contributed by atoms with E-state index in [9.17, 15) is 24.0 Å². The summed E-state index contributed by atoms with van der Waals surface area (Å²) in [6.07, 6.45) is -0.0799. The number of alkyl carbamates (subject to hydrolysis) is 1. The van der Waals surface area contributed by atoms with Crippen molar-refractivity contribution in [3.05, 3.63) is 71.8 Å². The first-order valence-corrected chi connectivity index (χ1v) is 14.3. The lowest BCUT2D eigenvalue weighted by molar-refractivity contribution is -0.157. The van der Waals surface area contributed by atoms with Gasteiger partial charge in [-0.2, -0.15) is 0 Å². The number of benzene rings is 2. The van der Waals surface area contributed by atoms with Gasteiger partial charge in [0.25, 0.3) is 5.91 Å². The van der Waals surface area contributed by atoms with Crippen LogP contribution in [0.3, 0.4) is 0 Å². The van der Waals surface area contributed by atoms with Crippen LogP contribution >= 0.6 is 0 Å². The molecule has 1 fully saturated rings. The van der Waals surface area contributed by atoms with Gasteiger partial charge in [-0.15, -0.1) is 0 Å². The molecule has 0 aromatic heterocycles. The van der Waals surface area contributed by atoms with Gasteiger partial charge in [0.15, 0.2) is 6.10 Å². The average Bonchev–Trinajstić information content (AvgIpc) is 3.38. The lowest BCUT2D eigenvalue weighted by atomic mass is 9.93.